The number of hydrogen-bond donors (Lipinski definition) is 1. The van der Waals surface area contributed by atoms with Gasteiger partial charge in [0.2, 0.25) is 5.91 Å². The van der Waals surface area contributed by atoms with Crippen LogP contribution >= 0.6 is 35.0 Å². The molecule has 0 aromatic heterocycles. The summed E-state index contributed by atoms with van der Waals surface area (Å²) in [7, 11) is 1.46. The number of benzene rings is 3. The van der Waals surface area contributed by atoms with Crippen molar-refractivity contribution in [2.75, 3.05) is 19.0 Å². The third kappa shape index (κ3) is 6.27. The van der Waals surface area contributed by atoms with E-state index in [1.807, 2.05) is 0 Å². The Morgan fingerprint density at radius 1 is 1.11 bits per heavy atom. The number of hydrogen-bond acceptors (Lipinski definition) is 6. The van der Waals surface area contributed by atoms with E-state index >= 15 is 0 Å². The van der Waals surface area contributed by atoms with Crippen molar-refractivity contribution in [2.45, 2.75) is 6.61 Å². The Morgan fingerprint density at radius 3 is 2.61 bits per heavy atom. The number of para-hydroxylation sites is 1. The largest absolute Gasteiger partial charge is 0.493 e. The molecule has 1 aliphatic heterocycles. The summed E-state index contributed by atoms with van der Waals surface area (Å²) in [5.41, 5.74) is 0.826. The molecule has 3 aromatic rings. The second kappa shape index (κ2) is 11.8. The zero-order valence-electron chi connectivity index (χ0n) is 19.6. The Morgan fingerprint density at radius 2 is 1.89 bits per heavy atom. The predicted octanol–water partition coefficient (Wildman–Crippen LogP) is 6.53. The standard InChI is InChI=1S/C26H18Cl2F2N2O5S/c1-36-21-4-2-3-14(24(21)37-13-15-5-6-16(27)10-18(15)28)9-22-25(34)32(26(35)38-22)12-23(33)31-20-8-7-17(29)11-19(20)30/h2-11H,12-13H2,1H3,(H,31,33)/b22-9+. The van der Waals surface area contributed by atoms with E-state index < -0.39 is 35.2 Å². The van der Waals surface area contributed by atoms with Crippen molar-refractivity contribution in [2.24, 2.45) is 0 Å². The van der Waals surface area contributed by atoms with Crippen LogP contribution in [0.2, 0.25) is 10.0 Å². The molecule has 38 heavy (non-hydrogen) atoms. The Labute approximate surface area is 230 Å². The first-order valence-corrected chi connectivity index (χ1v) is 12.5. The van der Waals surface area contributed by atoms with Gasteiger partial charge in [0.15, 0.2) is 11.5 Å². The number of carbonyl (C=O) groups is 3. The zero-order chi connectivity index (χ0) is 27.4. The van der Waals surface area contributed by atoms with Crippen molar-refractivity contribution in [3.8, 4) is 11.5 Å². The molecule has 0 unspecified atom stereocenters. The fourth-order valence-corrected chi connectivity index (χ4v) is 4.74. The molecule has 0 radical (unpaired) electrons. The molecule has 1 N–H and O–H groups in total. The van der Waals surface area contributed by atoms with Crippen molar-refractivity contribution in [3.05, 3.63) is 92.3 Å². The van der Waals surface area contributed by atoms with Gasteiger partial charge in [0.25, 0.3) is 11.1 Å². The number of halogens is 4. The molecule has 0 aliphatic carbocycles. The van der Waals surface area contributed by atoms with E-state index in [-0.39, 0.29) is 17.2 Å². The van der Waals surface area contributed by atoms with Crippen molar-refractivity contribution in [3.63, 3.8) is 0 Å². The molecule has 7 nitrogen and oxygen atoms in total. The Balaban J connectivity index is 1.52. The van der Waals surface area contributed by atoms with Crippen LogP contribution in [0.25, 0.3) is 6.08 Å². The van der Waals surface area contributed by atoms with Crippen molar-refractivity contribution < 1.29 is 32.6 Å². The van der Waals surface area contributed by atoms with Crippen LogP contribution in [0.3, 0.4) is 0 Å². The second-order valence-corrected chi connectivity index (χ2v) is 9.68. The normalized spacial score (nSPS) is 14.2. The van der Waals surface area contributed by atoms with Crippen LogP contribution in [-0.2, 0) is 16.2 Å². The molecule has 196 valence electrons. The van der Waals surface area contributed by atoms with Gasteiger partial charge in [-0.3, -0.25) is 19.3 Å². The Bertz CT molecular complexity index is 1470. The van der Waals surface area contributed by atoms with Gasteiger partial charge < -0.3 is 14.8 Å². The molecule has 0 spiro atoms. The number of methoxy groups -OCH3 is 1. The molecule has 0 atom stereocenters. The highest BCUT2D eigenvalue weighted by Crippen LogP contribution is 2.38. The van der Waals surface area contributed by atoms with Gasteiger partial charge in [0, 0.05) is 27.2 Å². The van der Waals surface area contributed by atoms with Crippen LogP contribution in [0, 0.1) is 11.6 Å². The quantitative estimate of drug-likeness (QED) is 0.306. The monoisotopic (exact) mass is 578 g/mol. The van der Waals surface area contributed by atoms with E-state index in [4.69, 9.17) is 32.7 Å². The smallest absolute Gasteiger partial charge is 0.294 e. The minimum Gasteiger partial charge on any atom is -0.493 e. The van der Waals surface area contributed by atoms with Crippen LogP contribution in [0.5, 0.6) is 11.5 Å². The first-order valence-electron chi connectivity index (χ1n) is 10.9. The number of nitrogens with one attached hydrogen (secondary N) is 1. The summed E-state index contributed by atoms with van der Waals surface area (Å²) in [6.45, 7) is -0.589. The lowest BCUT2D eigenvalue weighted by Crippen LogP contribution is -2.36. The fraction of sp³-hybridized carbons (Fsp3) is 0.115. The lowest BCUT2D eigenvalue weighted by Gasteiger charge is -2.15. The molecule has 0 bridgehead atoms. The second-order valence-electron chi connectivity index (χ2n) is 7.84. The lowest BCUT2D eigenvalue weighted by atomic mass is 10.1. The van der Waals surface area contributed by atoms with E-state index in [1.54, 1.807) is 36.4 Å². The number of rotatable bonds is 8. The first-order chi connectivity index (χ1) is 18.2. The van der Waals surface area contributed by atoms with Gasteiger partial charge in [-0.25, -0.2) is 8.78 Å². The number of amides is 3. The highest BCUT2D eigenvalue weighted by Gasteiger charge is 2.36. The Kier molecular flexibility index (Phi) is 8.55. The molecule has 1 fully saturated rings. The van der Waals surface area contributed by atoms with Crippen LogP contribution in [0.4, 0.5) is 19.3 Å². The summed E-state index contributed by atoms with van der Waals surface area (Å²) in [5, 5.41) is 2.42. The summed E-state index contributed by atoms with van der Waals surface area (Å²) >= 11 is 12.8. The third-order valence-electron chi connectivity index (χ3n) is 5.28. The van der Waals surface area contributed by atoms with Crippen LogP contribution < -0.4 is 14.8 Å². The summed E-state index contributed by atoms with van der Waals surface area (Å²) in [4.78, 5) is 38.6. The molecular weight excluding hydrogens is 561 g/mol. The van der Waals surface area contributed by atoms with Crippen LogP contribution in [0.15, 0.2) is 59.5 Å². The van der Waals surface area contributed by atoms with Gasteiger partial charge >= 0.3 is 0 Å². The zero-order valence-corrected chi connectivity index (χ0v) is 21.9. The summed E-state index contributed by atoms with van der Waals surface area (Å²) in [6.07, 6.45) is 1.45. The molecule has 3 aromatic carbocycles. The summed E-state index contributed by atoms with van der Waals surface area (Å²) < 4.78 is 38.3. The average molecular weight is 579 g/mol. The molecule has 0 saturated carbocycles. The number of nitrogens with zero attached hydrogens (tertiary/aromatic N) is 1. The molecule has 12 heteroatoms. The molecular formula is C26H18Cl2F2N2O5S. The summed E-state index contributed by atoms with van der Waals surface area (Å²) in [5.74, 6) is -2.67. The maximum Gasteiger partial charge on any atom is 0.294 e. The van der Waals surface area contributed by atoms with Gasteiger partial charge in [-0.15, -0.1) is 0 Å². The van der Waals surface area contributed by atoms with Crippen molar-refractivity contribution in [1.82, 2.24) is 4.90 Å². The molecule has 1 heterocycles. The van der Waals surface area contributed by atoms with E-state index in [2.05, 4.69) is 5.32 Å². The minimum absolute atomic E-state index is 0.0402. The molecule has 4 rings (SSSR count). The molecule has 3 amide bonds. The number of imide groups is 1. The van der Waals surface area contributed by atoms with Crippen LogP contribution in [-0.4, -0.2) is 35.6 Å². The third-order valence-corrected chi connectivity index (χ3v) is 6.78. The van der Waals surface area contributed by atoms with E-state index in [0.29, 0.717) is 50.5 Å². The maximum absolute atomic E-state index is 13.8. The van der Waals surface area contributed by atoms with Gasteiger partial charge in [-0.1, -0.05) is 41.4 Å². The summed E-state index contributed by atoms with van der Waals surface area (Å²) in [6, 6.07) is 12.6. The van der Waals surface area contributed by atoms with Gasteiger partial charge in [-0.2, -0.15) is 0 Å². The number of ether oxygens (including phenoxy) is 2. The molecule has 1 aliphatic rings. The lowest BCUT2D eigenvalue weighted by molar-refractivity contribution is -0.127. The van der Waals surface area contributed by atoms with Crippen molar-refractivity contribution in [1.29, 1.82) is 0 Å². The van der Waals surface area contributed by atoms with E-state index in [1.165, 1.54) is 13.2 Å². The first kappa shape index (κ1) is 27.4. The number of anilines is 1. The van der Waals surface area contributed by atoms with E-state index in [0.717, 1.165) is 17.0 Å². The number of thioether (sulfide) groups is 1. The van der Waals surface area contributed by atoms with Crippen LogP contribution in [0.1, 0.15) is 11.1 Å². The highest BCUT2D eigenvalue weighted by molar-refractivity contribution is 8.18. The Hall–Kier alpha value is -3.60. The van der Waals surface area contributed by atoms with Gasteiger partial charge in [0.05, 0.1) is 17.7 Å². The number of carbonyl (C=O) groups excluding carboxylic acids is 3. The fourth-order valence-electron chi connectivity index (χ4n) is 3.45. The van der Waals surface area contributed by atoms with Crippen molar-refractivity contribution >= 4 is 63.8 Å². The highest BCUT2D eigenvalue weighted by atomic mass is 35.5. The average Bonchev–Trinajstić information content (AvgIpc) is 3.13. The maximum atomic E-state index is 13.8. The van der Waals surface area contributed by atoms with Gasteiger partial charge in [-0.05, 0) is 48.2 Å². The topological polar surface area (TPSA) is 84.9 Å². The van der Waals surface area contributed by atoms with Gasteiger partial charge in [0.1, 0.15) is 24.8 Å². The minimum atomic E-state index is -0.988. The van der Waals surface area contributed by atoms with E-state index in [9.17, 15) is 23.2 Å². The molecule has 1 saturated heterocycles. The SMILES string of the molecule is COc1cccc(/C=C2/SC(=O)N(CC(=O)Nc3ccc(F)cc3F)C2=O)c1OCc1ccc(Cl)cc1Cl. The predicted molar refractivity (Wildman–Crippen MR) is 141 cm³/mol.